The van der Waals surface area contributed by atoms with Gasteiger partial charge in [0.2, 0.25) is 0 Å². The van der Waals surface area contributed by atoms with Crippen molar-refractivity contribution < 1.29 is 19.4 Å². The SMILES string of the molecule is COCC(O)CCNC1CCCN(C(=O)OC(C)(C)C)C1. The Labute approximate surface area is 127 Å². The van der Waals surface area contributed by atoms with Crippen LogP contribution in [-0.4, -0.2) is 67.2 Å². The highest BCUT2D eigenvalue weighted by Crippen LogP contribution is 2.15. The van der Waals surface area contributed by atoms with Crippen LogP contribution in [0, 0.1) is 0 Å². The van der Waals surface area contributed by atoms with Gasteiger partial charge in [0.1, 0.15) is 5.60 Å². The van der Waals surface area contributed by atoms with Crippen LogP contribution in [0.3, 0.4) is 0 Å². The minimum Gasteiger partial charge on any atom is -0.444 e. The van der Waals surface area contributed by atoms with Crippen molar-refractivity contribution >= 4 is 6.09 Å². The standard InChI is InChI=1S/C15H30N2O4/c1-15(2,3)21-14(19)17-9-5-6-12(10-17)16-8-7-13(18)11-20-4/h12-13,16,18H,5-11H2,1-4H3. The summed E-state index contributed by atoms with van der Waals surface area (Å²) in [5, 5.41) is 13.0. The molecule has 1 aliphatic rings. The fraction of sp³-hybridized carbons (Fsp3) is 0.933. The lowest BCUT2D eigenvalue weighted by atomic mass is 10.1. The fourth-order valence-electron chi connectivity index (χ4n) is 2.37. The summed E-state index contributed by atoms with van der Waals surface area (Å²) < 4.78 is 10.3. The highest BCUT2D eigenvalue weighted by molar-refractivity contribution is 5.68. The lowest BCUT2D eigenvalue weighted by molar-refractivity contribution is 0.0183. The summed E-state index contributed by atoms with van der Waals surface area (Å²) >= 11 is 0. The van der Waals surface area contributed by atoms with Gasteiger partial charge in [-0.1, -0.05) is 0 Å². The summed E-state index contributed by atoms with van der Waals surface area (Å²) in [5.74, 6) is 0. The van der Waals surface area contributed by atoms with Crippen LogP contribution >= 0.6 is 0 Å². The highest BCUT2D eigenvalue weighted by Gasteiger charge is 2.27. The maximum absolute atomic E-state index is 12.0. The smallest absolute Gasteiger partial charge is 0.410 e. The second-order valence-electron chi connectivity index (χ2n) is 6.62. The molecule has 1 saturated heterocycles. The second kappa shape index (κ2) is 8.56. The molecule has 124 valence electrons. The maximum Gasteiger partial charge on any atom is 0.410 e. The number of piperidine rings is 1. The topological polar surface area (TPSA) is 71.0 Å². The third kappa shape index (κ3) is 7.64. The Morgan fingerprint density at radius 2 is 2.19 bits per heavy atom. The molecule has 0 aliphatic carbocycles. The molecule has 1 amide bonds. The first-order valence-corrected chi connectivity index (χ1v) is 7.70. The van der Waals surface area contributed by atoms with Crippen LogP contribution in [0.15, 0.2) is 0 Å². The van der Waals surface area contributed by atoms with Gasteiger partial charge in [-0.2, -0.15) is 0 Å². The summed E-state index contributed by atoms with van der Waals surface area (Å²) in [6, 6.07) is 0.265. The van der Waals surface area contributed by atoms with E-state index in [1.807, 2.05) is 20.8 Å². The number of aliphatic hydroxyl groups is 1. The molecule has 21 heavy (non-hydrogen) atoms. The van der Waals surface area contributed by atoms with Crippen LogP contribution in [0.25, 0.3) is 0 Å². The molecule has 0 aromatic heterocycles. The predicted octanol–water partition coefficient (Wildman–Crippen LogP) is 1.37. The number of likely N-dealkylation sites (tertiary alicyclic amines) is 1. The van der Waals surface area contributed by atoms with E-state index >= 15 is 0 Å². The summed E-state index contributed by atoms with van der Waals surface area (Å²) in [4.78, 5) is 13.8. The zero-order valence-electron chi connectivity index (χ0n) is 13.7. The highest BCUT2D eigenvalue weighted by atomic mass is 16.6. The van der Waals surface area contributed by atoms with Crippen molar-refractivity contribution in [2.75, 3.05) is 33.4 Å². The number of rotatable bonds is 6. The average molecular weight is 302 g/mol. The van der Waals surface area contributed by atoms with Gasteiger partial charge in [0.25, 0.3) is 0 Å². The predicted molar refractivity (Wildman–Crippen MR) is 81.3 cm³/mol. The van der Waals surface area contributed by atoms with E-state index in [0.717, 1.165) is 25.9 Å². The van der Waals surface area contributed by atoms with Crippen LogP contribution in [-0.2, 0) is 9.47 Å². The molecule has 1 heterocycles. The molecule has 6 heteroatoms. The Kier molecular flexibility index (Phi) is 7.42. The normalized spacial score (nSPS) is 21.2. The third-order valence-corrected chi connectivity index (χ3v) is 3.34. The van der Waals surface area contributed by atoms with Gasteiger partial charge in [-0.05, 0) is 46.6 Å². The molecule has 1 fully saturated rings. The van der Waals surface area contributed by atoms with Gasteiger partial charge in [-0.3, -0.25) is 0 Å². The van der Waals surface area contributed by atoms with Gasteiger partial charge >= 0.3 is 6.09 Å². The Balaban J connectivity index is 2.30. The summed E-state index contributed by atoms with van der Waals surface area (Å²) in [5.41, 5.74) is -0.457. The number of hydrogen-bond donors (Lipinski definition) is 2. The van der Waals surface area contributed by atoms with Crippen LogP contribution in [0.2, 0.25) is 0 Å². The van der Waals surface area contributed by atoms with E-state index in [1.165, 1.54) is 0 Å². The van der Waals surface area contributed by atoms with E-state index < -0.39 is 11.7 Å². The fourth-order valence-corrected chi connectivity index (χ4v) is 2.37. The monoisotopic (exact) mass is 302 g/mol. The molecule has 1 rings (SSSR count). The van der Waals surface area contributed by atoms with E-state index in [1.54, 1.807) is 12.0 Å². The minimum absolute atomic E-state index is 0.242. The average Bonchev–Trinajstić information content (AvgIpc) is 2.37. The number of amides is 1. The summed E-state index contributed by atoms with van der Waals surface area (Å²) in [6.45, 7) is 8.12. The van der Waals surface area contributed by atoms with E-state index in [9.17, 15) is 9.90 Å². The maximum atomic E-state index is 12.0. The lowest BCUT2D eigenvalue weighted by Gasteiger charge is -2.34. The first-order valence-electron chi connectivity index (χ1n) is 7.70. The van der Waals surface area contributed by atoms with Gasteiger partial charge < -0.3 is 24.8 Å². The number of nitrogens with one attached hydrogen (secondary N) is 1. The van der Waals surface area contributed by atoms with Crippen molar-refractivity contribution in [3.8, 4) is 0 Å². The van der Waals surface area contributed by atoms with E-state index in [-0.39, 0.29) is 12.1 Å². The van der Waals surface area contributed by atoms with E-state index in [4.69, 9.17) is 9.47 Å². The summed E-state index contributed by atoms with van der Waals surface area (Å²) in [7, 11) is 1.58. The number of carbonyl (C=O) groups is 1. The molecule has 0 aromatic carbocycles. The first kappa shape index (κ1) is 18.2. The molecule has 0 aromatic rings. The zero-order chi connectivity index (χ0) is 15.9. The molecule has 6 nitrogen and oxygen atoms in total. The van der Waals surface area contributed by atoms with Crippen molar-refractivity contribution in [2.24, 2.45) is 0 Å². The van der Waals surface area contributed by atoms with Crippen molar-refractivity contribution in [3.05, 3.63) is 0 Å². The van der Waals surface area contributed by atoms with Gasteiger partial charge in [-0.15, -0.1) is 0 Å². The zero-order valence-corrected chi connectivity index (χ0v) is 13.7. The van der Waals surface area contributed by atoms with Gasteiger partial charge in [0.05, 0.1) is 12.7 Å². The van der Waals surface area contributed by atoms with Crippen molar-refractivity contribution in [3.63, 3.8) is 0 Å². The number of methoxy groups -OCH3 is 1. The molecule has 0 bridgehead atoms. The van der Waals surface area contributed by atoms with E-state index in [0.29, 0.717) is 19.6 Å². The van der Waals surface area contributed by atoms with Gasteiger partial charge in [0.15, 0.2) is 0 Å². The molecule has 0 saturated carbocycles. The molecule has 0 radical (unpaired) electrons. The van der Waals surface area contributed by atoms with Crippen molar-refractivity contribution in [1.29, 1.82) is 0 Å². The quantitative estimate of drug-likeness (QED) is 0.775. The van der Waals surface area contributed by atoms with Crippen molar-refractivity contribution in [1.82, 2.24) is 10.2 Å². The molecule has 2 atom stereocenters. The summed E-state index contributed by atoms with van der Waals surface area (Å²) in [6.07, 6.45) is 1.98. The molecule has 2 N–H and O–H groups in total. The molecule has 2 unspecified atom stereocenters. The van der Waals surface area contributed by atoms with Gasteiger partial charge in [-0.25, -0.2) is 4.79 Å². The van der Waals surface area contributed by atoms with Crippen molar-refractivity contribution in [2.45, 2.75) is 57.8 Å². The van der Waals surface area contributed by atoms with Crippen LogP contribution in [0.5, 0.6) is 0 Å². The largest absolute Gasteiger partial charge is 0.444 e. The number of hydrogen-bond acceptors (Lipinski definition) is 5. The molecule has 1 aliphatic heterocycles. The molecular formula is C15H30N2O4. The number of ether oxygens (including phenoxy) is 2. The third-order valence-electron chi connectivity index (χ3n) is 3.34. The second-order valence-corrected chi connectivity index (χ2v) is 6.62. The Hall–Kier alpha value is -0.850. The Bertz CT molecular complexity index is 317. The van der Waals surface area contributed by atoms with E-state index in [2.05, 4.69) is 5.32 Å². The first-order chi connectivity index (χ1) is 9.81. The van der Waals surface area contributed by atoms with Gasteiger partial charge in [0, 0.05) is 26.2 Å². The number of nitrogens with zero attached hydrogens (tertiary/aromatic N) is 1. The Morgan fingerprint density at radius 1 is 1.48 bits per heavy atom. The minimum atomic E-state index is -0.457. The lowest BCUT2D eigenvalue weighted by Crippen LogP contribution is -2.49. The number of aliphatic hydroxyl groups excluding tert-OH is 1. The molecule has 0 spiro atoms. The van der Waals surface area contributed by atoms with Crippen LogP contribution < -0.4 is 5.32 Å². The van der Waals surface area contributed by atoms with Crippen LogP contribution in [0.4, 0.5) is 4.79 Å². The number of carbonyl (C=O) groups excluding carboxylic acids is 1. The van der Waals surface area contributed by atoms with Crippen LogP contribution in [0.1, 0.15) is 40.0 Å². The Morgan fingerprint density at radius 3 is 2.81 bits per heavy atom. The molecular weight excluding hydrogens is 272 g/mol.